The van der Waals surface area contributed by atoms with E-state index in [9.17, 15) is 21.6 Å². The molecule has 13 heteroatoms. The molecule has 4 heterocycles. The summed E-state index contributed by atoms with van der Waals surface area (Å²) in [5.74, 6) is 0.0147. The number of anilines is 2. The molecular weight excluding hydrogens is 515 g/mol. The number of sulfone groups is 1. The predicted molar refractivity (Wildman–Crippen MR) is 130 cm³/mol. The highest BCUT2D eigenvalue weighted by Crippen LogP contribution is 2.47. The minimum absolute atomic E-state index is 0.0147. The number of rotatable bonds is 5. The molecule has 0 aliphatic carbocycles. The van der Waals surface area contributed by atoms with Crippen LogP contribution in [0.15, 0.2) is 57.9 Å². The maximum Gasteiger partial charge on any atom is 0.433 e. The van der Waals surface area contributed by atoms with E-state index in [0.29, 0.717) is 31.5 Å². The SMILES string of the molecule is CS(=O)(=O)c1ccccc1C1(OC2CCN(c3nccc(C(F)(F)F)n3)CC2)N=CNc2ccsc21. The maximum atomic E-state index is 13.1. The molecule has 2 aliphatic heterocycles. The summed E-state index contributed by atoms with van der Waals surface area (Å²) in [6.45, 7) is 0.740. The lowest BCUT2D eigenvalue weighted by atomic mass is 9.97. The van der Waals surface area contributed by atoms with Crippen LogP contribution in [0.25, 0.3) is 0 Å². The van der Waals surface area contributed by atoms with Crippen LogP contribution in [0, 0.1) is 0 Å². The first kappa shape index (κ1) is 24.7. The van der Waals surface area contributed by atoms with Gasteiger partial charge in [-0.05, 0) is 36.4 Å². The lowest BCUT2D eigenvalue weighted by molar-refractivity contribution is -0.141. The molecule has 1 saturated heterocycles. The van der Waals surface area contributed by atoms with E-state index < -0.39 is 27.4 Å². The molecule has 3 aromatic rings. The Morgan fingerprint density at radius 1 is 1.17 bits per heavy atom. The Hall–Kier alpha value is -3.03. The van der Waals surface area contributed by atoms with Crippen molar-refractivity contribution in [1.29, 1.82) is 0 Å². The zero-order valence-corrected chi connectivity index (χ0v) is 20.7. The lowest BCUT2D eigenvalue weighted by Gasteiger charge is -2.40. The van der Waals surface area contributed by atoms with E-state index in [1.165, 1.54) is 23.7 Å². The van der Waals surface area contributed by atoms with Gasteiger partial charge in [-0.15, -0.1) is 11.3 Å². The Kier molecular flexibility index (Phi) is 6.25. The van der Waals surface area contributed by atoms with Gasteiger partial charge < -0.3 is 15.0 Å². The molecule has 0 spiro atoms. The van der Waals surface area contributed by atoms with Gasteiger partial charge in [-0.3, -0.25) is 0 Å². The topological polar surface area (TPSA) is 96.8 Å². The van der Waals surface area contributed by atoms with E-state index in [1.54, 1.807) is 23.1 Å². The van der Waals surface area contributed by atoms with E-state index in [4.69, 9.17) is 4.74 Å². The third kappa shape index (κ3) is 4.58. The number of thiophene rings is 1. The second-order valence-electron chi connectivity index (χ2n) is 8.52. The van der Waals surface area contributed by atoms with Gasteiger partial charge in [0.15, 0.2) is 9.84 Å². The number of ether oxygens (including phenoxy) is 1. The Bertz CT molecular complexity index is 1400. The average Bonchev–Trinajstić information content (AvgIpc) is 3.34. The van der Waals surface area contributed by atoms with Gasteiger partial charge in [0.1, 0.15) is 5.69 Å². The Balaban J connectivity index is 1.44. The van der Waals surface area contributed by atoms with Crippen molar-refractivity contribution in [3.05, 3.63) is 64.1 Å². The van der Waals surface area contributed by atoms with Crippen molar-refractivity contribution < 1.29 is 26.3 Å². The third-order valence-corrected chi connectivity index (χ3v) is 8.25. The molecule has 0 saturated carbocycles. The van der Waals surface area contributed by atoms with Gasteiger partial charge in [0.25, 0.3) is 0 Å². The standard InChI is InChI=1S/C23H22F3N5O3S2/c1-36(32,33)18-5-3-2-4-16(18)22(20-17(9-13-35-20)28-14-29-22)34-15-7-11-31(12-8-15)21-27-10-6-19(30-21)23(24,25)26/h2-6,9-10,13-15H,7-8,11-12H2,1H3,(H,28,29). The molecule has 1 atom stereocenters. The van der Waals surface area contributed by atoms with Gasteiger partial charge >= 0.3 is 6.18 Å². The molecule has 2 aromatic heterocycles. The minimum atomic E-state index is -4.55. The summed E-state index contributed by atoms with van der Waals surface area (Å²) in [5.41, 5.74) is -1.18. The molecule has 8 nitrogen and oxygen atoms in total. The molecule has 1 fully saturated rings. The van der Waals surface area contributed by atoms with Gasteiger partial charge in [0.05, 0.1) is 27.9 Å². The highest BCUT2D eigenvalue weighted by Gasteiger charge is 2.45. The zero-order valence-electron chi connectivity index (χ0n) is 19.1. The molecule has 190 valence electrons. The molecule has 0 amide bonds. The van der Waals surface area contributed by atoms with Gasteiger partial charge in [0, 0.05) is 31.1 Å². The van der Waals surface area contributed by atoms with Crippen molar-refractivity contribution in [2.24, 2.45) is 4.99 Å². The second kappa shape index (κ2) is 9.12. The summed E-state index contributed by atoms with van der Waals surface area (Å²) < 4.78 is 71.2. The van der Waals surface area contributed by atoms with Crippen LogP contribution >= 0.6 is 11.3 Å². The number of piperidine rings is 1. The van der Waals surface area contributed by atoms with E-state index in [0.717, 1.165) is 29.1 Å². The van der Waals surface area contributed by atoms with Crippen LogP contribution in [0.5, 0.6) is 0 Å². The molecule has 5 rings (SSSR count). The van der Waals surface area contributed by atoms with Gasteiger partial charge in [-0.2, -0.15) is 13.2 Å². The van der Waals surface area contributed by atoms with Crippen LogP contribution in [0.3, 0.4) is 0 Å². The van der Waals surface area contributed by atoms with Crippen molar-refractivity contribution in [3.63, 3.8) is 0 Å². The average molecular weight is 538 g/mol. The summed E-state index contributed by atoms with van der Waals surface area (Å²) in [4.78, 5) is 14.9. The summed E-state index contributed by atoms with van der Waals surface area (Å²) in [5, 5.41) is 4.96. The number of fused-ring (bicyclic) bond motifs is 1. The van der Waals surface area contributed by atoms with Crippen LogP contribution in [-0.4, -0.2) is 50.2 Å². The molecule has 0 radical (unpaired) electrons. The van der Waals surface area contributed by atoms with Crippen molar-refractivity contribution in [1.82, 2.24) is 9.97 Å². The number of aliphatic imine (C=N–C) groups is 1. The largest absolute Gasteiger partial charge is 0.433 e. The third-order valence-electron chi connectivity index (χ3n) is 6.09. The van der Waals surface area contributed by atoms with Crippen LogP contribution < -0.4 is 10.2 Å². The van der Waals surface area contributed by atoms with Crippen molar-refractivity contribution in [2.75, 3.05) is 29.6 Å². The molecule has 1 unspecified atom stereocenters. The zero-order chi connectivity index (χ0) is 25.6. The second-order valence-corrected chi connectivity index (χ2v) is 11.4. The van der Waals surface area contributed by atoms with Crippen LogP contribution in [0.1, 0.15) is 29.0 Å². The first-order chi connectivity index (χ1) is 17.1. The molecule has 1 N–H and O–H groups in total. The number of benzene rings is 1. The number of aromatic nitrogens is 2. The number of hydrogen-bond acceptors (Lipinski definition) is 9. The fourth-order valence-electron chi connectivity index (χ4n) is 4.42. The van der Waals surface area contributed by atoms with Crippen molar-refractivity contribution in [3.8, 4) is 0 Å². The number of halogens is 3. The lowest BCUT2D eigenvalue weighted by Crippen LogP contribution is -2.43. The van der Waals surface area contributed by atoms with Crippen LogP contribution in [-0.2, 0) is 26.5 Å². The summed E-state index contributed by atoms with van der Waals surface area (Å²) in [7, 11) is -3.59. The van der Waals surface area contributed by atoms with Gasteiger partial charge in [0.2, 0.25) is 11.7 Å². The Labute approximate surface area is 209 Å². The monoisotopic (exact) mass is 537 g/mol. The Morgan fingerprint density at radius 2 is 1.92 bits per heavy atom. The molecule has 0 bridgehead atoms. The molecule has 1 aromatic carbocycles. The van der Waals surface area contributed by atoms with E-state index in [1.807, 2.05) is 11.4 Å². The number of hydrogen-bond donors (Lipinski definition) is 1. The van der Waals surface area contributed by atoms with E-state index >= 15 is 0 Å². The predicted octanol–water partition coefficient (Wildman–Crippen LogP) is 4.30. The highest BCUT2D eigenvalue weighted by atomic mass is 32.2. The fraction of sp³-hybridized carbons (Fsp3) is 0.348. The smallest absolute Gasteiger partial charge is 0.346 e. The first-order valence-electron chi connectivity index (χ1n) is 11.1. The van der Waals surface area contributed by atoms with Crippen molar-refractivity contribution >= 4 is 39.1 Å². The number of nitrogens with zero attached hydrogens (tertiary/aromatic N) is 4. The van der Waals surface area contributed by atoms with Gasteiger partial charge in [-0.25, -0.2) is 23.4 Å². The van der Waals surface area contributed by atoms with Gasteiger partial charge in [-0.1, -0.05) is 18.2 Å². The van der Waals surface area contributed by atoms with E-state index in [2.05, 4.69) is 20.3 Å². The first-order valence-corrected chi connectivity index (χ1v) is 13.9. The van der Waals surface area contributed by atoms with Crippen LogP contribution in [0.2, 0.25) is 0 Å². The number of alkyl halides is 3. The minimum Gasteiger partial charge on any atom is -0.346 e. The quantitative estimate of drug-likeness (QED) is 0.518. The molecule has 2 aliphatic rings. The number of nitrogens with one attached hydrogen (secondary N) is 1. The Morgan fingerprint density at radius 3 is 2.64 bits per heavy atom. The van der Waals surface area contributed by atoms with E-state index in [-0.39, 0.29) is 16.9 Å². The summed E-state index contributed by atoms with van der Waals surface area (Å²) in [6.07, 6.45) is -0.216. The van der Waals surface area contributed by atoms with Crippen LogP contribution in [0.4, 0.5) is 24.8 Å². The maximum absolute atomic E-state index is 13.1. The molecular formula is C23H22F3N5O3S2. The normalized spacial score (nSPS) is 20.7. The summed E-state index contributed by atoms with van der Waals surface area (Å²) >= 11 is 1.40. The molecule has 36 heavy (non-hydrogen) atoms. The fourth-order valence-corrected chi connectivity index (χ4v) is 6.32. The summed E-state index contributed by atoms with van der Waals surface area (Å²) in [6, 6.07) is 9.35. The highest BCUT2D eigenvalue weighted by molar-refractivity contribution is 7.90. The van der Waals surface area contributed by atoms with Crippen molar-refractivity contribution in [2.45, 2.75) is 35.7 Å².